The van der Waals surface area contributed by atoms with Gasteiger partial charge in [0.15, 0.2) is 5.82 Å². The minimum absolute atomic E-state index is 0.0537. The molecule has 8 heteroatoms. The average Bonchev–Trinajstić information content (AvgIpc) is 3.12. The third-order valence-electron chi connectivity index (χ3n) is 5.17. The Balaban J connectivity index is 1.80. The Morgan fingerprint density at radius 1 is 1.21 bits per heavy atom. The number of nitrogens with one attached hydrogen (secondary N) is 1. The van der Waals surface area contributed by atoms with Crippen LogP contribution in [0.5, 0.6) is 0 Å². The third kappa shape index (κ3) is 4.54. The van der Waals surface area contributed by atoms with Gasteiger partial charge >= 0.3 is 6.18 Å². The maximum absolute atomic E-state index is 12.8. The first kappa shape index (κ1) is 20.4. The summed E-state index contributed by atoms with van der Waals surface area (Å²) in [4.78, 5) is 16.6. The van der Waals surface area contributed by atoms with Gasteiger partial charge in [-0.2, -0.15) is 18.3 Å². The van der Waals surface area contributed by atoms with E-state index in [-0.39, 0.29) is 17.6 Å². The lowest BCUT2D eigenvalue weighted by atomic mass is 9.89. The zero-order chi connectivity index (χ0) is 20.3. The number of hydrogen-bond acceptors (Lipinski definition) is 3. The Morgan fingerprint density at radius 3 is 2.50 bits per heavy atom. The normalized spacial score (nSPS) is 15.8. The number of carbonyl (C=O) groups excluding carboxylic acids is 1. The van der Waals surface area contributed by atoms with Crippen LogP contribution in [0.15, 0.2) is 24.5 Å². The van der Waals surface area contributed by atoms with Gasteiger partial charge in [0, 0.05) is 12.7 Å². The Morgan fingerprint density at radius 2 is 1.93 bits per heavy atom. The fourth-order valence-corrected chi connectivity index (χ4v) is 3.67. The van der Waals surface area contributed by atoms with Crippen molar-refractivity contribution in [3.63, 3.8) is 0 Å². The highest BCUT2D eigenvalue weighted by Gasteiger charge is 2.31. The Bertz CT molecular complexity index is 806. The molecule has 3 rings (SSSR count). The molecule has 0 aliphatic heterocycles. The lowest BCUT2D eigenvalue weighted by molar-refractivity contribution is -0.137. The largest absolute Gasteiger partial charge is 0.417 e. The lowest BCUT2D eigenvalue weighted by Gasteiger charge is -2.21. The second kappa shape index (κ2) is 8.32. The smallest absolute Gasteiger partial charge is 0.352 e. The summed E-state index contributed by atoms with van der Waals surface area (Å²) in [6, 6.07) is 2.24. The molecule has 0 aromatic carbocycles. The Hall–Kier alpha value is -2.38. The molecule has 0 spiro atoms. The van der Waals surface area contributed by atoms with Crippen molar-refractivity contribution in [1.29, 1.82) is 0 Å². The van der Waals surface area contributed by atoms with E-state index in [2.05, 4.69) is 15.4 Å². The fourth-order valence-electron chi connectivity index (χ4n) is 3.67. The second-order valence-corrected chi connectivity index (χ2v) is 7.63. The van der Waals surface area contributed by atoms with E-state index < -0.39 is 11.7 Å². The van der Waals surface area contributed by atoms with E-state index in [9.17, 15) is 18.0 Å². The quantitative estimate of drug-likeness (QED) is 0.798. The molecule has 2 heterocycles. The Labute approximate surface area is 162 Å². The van der Waals surface area contributed by atoms with Gasteiger partial charge in [0.05, 0.1) is 23.0 Å². The standard InChI is InChI=1S/C20H25F3N4O/c1-13(2)18-16(19(28)25-10-14-6-4-3-5-7-14)12-26-27(18)17-9-8-15(11-24-17)20(21,22)23/h8-9,11-14H,3-7,10H2,1-2H3,(H,25,28). The van der Waals surface area contributed by atoms with E-state index in [0.717, 1.165) is 25.1 Å². The van der Waals surface area contributed by atoms with Crippen molar-refractivity contribution >= 4 is 5.91 Å². The zero-order valence-electron chi connectivity index (χ0n) is 16.1. The summed E-state index contributed by atoms with van der Waals surface area (Å²) in [7, 11) is 0. The molecule has 1 fully saturated rings. The fraction of sp³-hybridized carbons (Fsp3) is 0.550. The van der Waals surface area contributed by atoms with Crippen molar-refractivity contribution in [1.82, 2.24) is 20.1 Å². The highest BCUT2D eigenvalue weighted by Crippen LogP contribution is 2.29. The molecule has 0 unspecified atom stereocenters. The topological polar surface area (TPSA) is 59.8 Å². The van der Waals surface area contributed by atoms with Gasteiger partial charge in [0.1, 0.15) is 0 Å². The number of rotatable bonds is 5. The van der Waals surface area contributed by atoms with Crippen molar-refractivity contribution in [2.45, 2.75) is 58.0 Å². The number of hydrogen-bond donors (Lipinski definition) is 1. The first-order valence-corrected chi connectivity index (χ1v) is 9.67. The van der Waals surface area contributed by atoms with Crippen LogP contribution < -0.4 is 5.32 Å². The molecular formula is C20H25F3N4O. The molecule has 0 saturated heterocycles. The molecule has 0 radical (unpaired) electrons. The number of alkyl halides is 3. The molecule has 1 aliphatic rings. The van der Waals surface area contributed by atoms with Crippen LogP contribution in [-0.2, 0) is 6.18 Å². The SMILES string of the molecule is CC(C)c1c(C(=O)NCC2CCCCC2)cnn1-c1ccc(C(F)(F)F)cn1. The summed E-state index contributed by atoms with van der Waals surface area (Å²) in [5.74, 6) is 0.504. The van der Waals surface area contributed by atoms with Crippen LogP contribution in [0.1, 0.15) is 73.5 Å². The minimum atomic E-state index is -4.44. The lowest BCUT2D eigenvalue weighted by Crippen LogP contribution is -2.30. The molecule has 2 aromatic rings. The van der Waals surface area contributed by atoms with Gasteiger partial charge in [0.2, 0.25) is 0 Å². The summed E-state index contributed by atoms with van der Waals surface area (Å²) in [6.45, 7) is 4.46. The number of halogens is 3. The molecule has 1 saturated carbocycles. The summed E-state index contributed by atoms with van der Waals surface area (Å²) in [5, 5.41) is 7.22. The predicted octanol–water partition coefficient (Wildman–Crippen LogP) is 4.72. The first-order chi connectivity index (χ1) is 13.3. The Kier molecular flexibility index (Phi) is 6.05. The molecule has 1 aliphatic carbocycles. The summed E-state index contributed by atoms with van der Waals surface area (Å²) < 4.78 is 39.7. The molecule has 152 valence electrons. The summed E-state index contributed by atoms with van der Waals surface area (Å²) in [5.41, 5.74) is 0.251. The van der Waals surface area contributed by atoms with Crippen LogP contribution >= 0.6 is 0 Å². The molecule has 28 heavy (non-hydrogen) atoms. The van der Waals surface area contributed by atoms with Gasteiger partial charge in [-0.3, -0.25) is 4.79 Å². The van der Waals surface area contributed by atoms with Crippen molar-refractivity contribution < 1.29 is 18.0 Å². The minimum Gasteiger partial charge on any atom is -0.352 e. The van der Waals surface area contributed by atoms with Gasteiger partial charge in [0.25, 0.3) is 5.91 Å². The number of nitrogens with zero attached hydrogens (tertiary/aromatic N) is 3. The molecule has 5 nitrogen and oxygen atoms in total. The molecule has 0 bridgehead atoms. The highest BCUT2D eigenvalue weighted by atomic mass is 19.4. The number of pyridine rings is 1. The zero-order valence-corrected chi connectivity index (χ0v) is 16.1. The van der Waals surface area contributed by atoms with Gasteiger partial charge in [-0.05, 0) is 36.8 Å². The van der Waals surface area contributed by atoms with Gasteiger partial charge in [-0.15, -0.1) is 0 Å². The van der Waals surface area contributed by atoms with Crippen LogP contribution in [0.2, 0.25) is 0 Å². The summed E-state index contributed by atoms with van der Waals surface area (Å²) >= 11 is 0. The maximum atomic E-state index is 12.8. The van der Waals surface area contributed by atoms with E-state index in [1.54, 1.807) is 0 Å². The molecule has 1 amide bonds. The monoisotopic (exact) mass is 394 g/mol. The van der Waals surface area contributed by atoms with Crippen LogP contribution in [0, 0.1) is 5.92 Å². The van der Waals surface area contributed by atoms with Crippen LogP contribution in [0.4, 0.5) is 13.2 Å². The predicted molar refractivity (Wildman–Crippen MR) is 99.4 cm³/mol. The van der Waals surface area contributed by atoms with E-state index in [1.807, 2.05) is 13.8 Å². The summed E-state index contributed by atoms with van der Waals surface area (Å²) in [6.07, 6.45) is 3.73. The molecule has 0 atom stereocenters. The van der Waals surface area contributed by atoms with E-state index >= 15 is 0 Å². The van der Waals surface area contributed by atoms with Crippen LogP contribution in [0.25, 0.3) is 5.82 Å². The van der Waals surface area contributed by atoms with Gasteiger partial charge < -0.3 is 5.32 Å². The van der Waals surface area contributed by atoms with Crippen molar-refractivity contribution in [2.24, 2.45) is 5.92 Å². The van der Waals surface area contributed by atoms with Gasteiger partial charge in [-0.1, -0.05) is 33.1 Å². The van der Waals surface area contributed by atoms with Crippen LogP contribution in [0.3, 0.4) is 0 Å². The van der Waals surface area contributed by atoms with Crippen LogP contribution in [-0.4, -0.2) is 27.2 Å². The van der Waals surface area contributed by atoms with Crippen molar-refractivity contribution in [3.05, 3.63) is 41.3 Å². The number of aromatic nitrogens is 3. The molecule has 2 aromatic heterocycles. The first-order valence-electron chi connectivity index (χ1n) is 9.67. The van der Waals surface area contributed by atoms with Crippen molar-refractivity contribution in [3.8, 4) is 5.82 Å². The van der Waals surface area contributed by atoms with Crippen molar-refractivity contribution in [2.75, 3.05) is 6.54 Å². The molecule has 1 N–H and O–H groups in total. The highest BCUT2D eigenvalue weighted by molar-refractivity contribution is 5.95. The second-order valence-electron chi connectivity index (χ2n) is 7.63. The average molecular weight is 394 g/mol. The van der Waals surface area contributed by atoms with E-state index in [1.165, 1.54) is 36.2 Å². The maximum Gasteiger partial charge on any atom is 0.417 e. The molecular weight excluding hydrogens is 369 g/mol. The number of carbonyl (C=O) groups is 1. The van der Waals surface area contributed by atoms with E-state index in [4.69, 9.17) is 0 Å². The van der Waals surface area contributed by atoms with Gasteiger partial charge in [-0.25, -0.2) is 9.67 Å². The number of amides is 1. The van der Waals surface area contributed by atoms with E-state index in [0.29, 0.717) is 23.7 Å². The third-order valence-corrected chi connectivity index (χ3v) is 5.17.